The van der Waals surface area contributed by atoms with Crippen LogP contribution in [0.2, 0.25) is 5.02 Å². The van der Waals surface area contributed by atoms with Gasteiger partial charge in [-0.2, -0.15) is 0 Å². The second kappa shape index (κ2) is 14.9. The number of piperidine rings is 2. The fourth-order valence-electron chi connectivity index (χ4n) is 5.99. The van der Waals surface area contributed by atoms with Crippen LogP contribution >= 0.6 is 11.6 Å². The molecule has 0 aliphatic carbocycles. The summed E-state index contributed by atoms with van der Waals surface area (Å²) < 4.78 is 31.9. The third kappa shape index (κ3) is 10.6. The highest BCUT2D eigenvalue weighted by Gasteiger charge is 2.32. The van der Waals surface area contributed by atoms with Gasteiger partial charge in [0.25, 0.3) is 0 Å². The van der Waals surface area contributed by atoms with Gasteiger partial charge in [-0.3, -0.25) is 14.3 Å². The second-order valence-corrected chi connectivity index (χ2v) is 15.3. The Balaban J connectivity index is 1.37. The number of likely N-dealkylation sites (tertiary alicyclic amines) is 2. The Kier molecular flexibility index (Phi) is 11.4. The first kappa shape index (κ1) is 34.6. The lowest BCUT2D eigenvalue weighted by atomic mass is 9.88. The van der Waals surface area contributed by atoms with E-state index in [4.69, 9.17) is 16.3 Å². The van der Waals surface area contributed by atoms with Gasteiger partial charge in [0.05, 0.1) is 11.9 Å². The van der Waals surface area contributed by atoms with Gasteiger partial charge >= 0.3 is 6.09 Å². The molecule has 4 rings (SSSR count). The average molecular weight is 661 g/mol. The molecule has 2 aliphatic rings. The molecule has 2 saturated heterocycles. The van der Waals surface area contributed by atoms with Crippen molar-refractivity contribution in [3.8, 4) is 0 Å². The number of para-hydroxylation sites is 1. The fourth-order valence-corrected chi connectivity index (χ4v) is 6.71. The SMILES string of the molecule is CC(C)(C)OC(=O)N1CCC(CC(=O)NC(Cc2ccc(Cl)cc2)C(=O)N2CCC(c3ccccc3NS(C)(=O)=O)CC2)CC1. The Morgan fingerprint density at radius 2 is 1.53 bits per heavy atom. The highest BCUT2D eigenvalue weighted by atomic mass is 35.5. The lowest BCUT2D eigenvalue weighted by molar-refractivity contribution is -0.137. The van der Waals surface area contributed by atoms with E-state index in [1.807, 2.05) is 45.0 Å². The third-order valence-electron chi connectivity index (χ3n) is 8.23. The number of carbonyl (C=O) groups is 3. The standard InChI is InChI=1S/C33H45ClN4O6S/c1-33(2,3)44-32(41)38-17-13-24(14-18-38)22-30(39)35-29(21-23-9-11-26(34)12-10-23)31(40)37-19-15-25(16-20-37)27-7-5-6-8-28(27)36-45(4,42)43/h5-12,24-25,29,36H,13-22H2,1-4H3,(H,35,39). The molecule has 2 fully saturated rings. The largest absolute Gasteiger partial charge is 0.444 e. The molecule has 0 saturated carbocycles. The Bertz CT molecular complexity index is 1440. The molecule has 0 aromatic heterocycles. The van der Waals surface area contributed by atoms with Gasteiger partial charge in [-0.1, -0.05) is 41.9 Å². The summed E-state index contributed by atoms with van der Waals surface area (Å²) in [4.78, 5) is 43.1. The van der Waals surface area contributed by atoms with E-state index >= 15 is 0 Å². The molecule has 0 radical (unpaired) electrons. The molecule has 2 aromatic rings. The van der Waals surface area contributed by atoms with Crippen molar-refractivity contribution in [2.75, 3.05) is 37.2 Å². The summed E-state index contributed by atoms with van der Waals surface area (Å²) in [6.07, 6.45) is 4.12. The zero-order valence-corrected chi connectivity index (χ0v) is 28.1. The maximum absolute atomic E-state index is 13.9. The number of sulfonamides is 1. The number of anilines is 1. The minimum atomic E-state index is -3.43. The normalized spacial score (nSPS) is 17.4. The average Bonchev–Trinajstić information content (AvgIpc) is 2.96. The summed E-state index contributed by atoms with van der Waals surface area (Å²) in [7, 11) is -3.43. The number of benzene rings is 2. The number of halogens is 1. The maximum atomic E-state index is 13.9. The van der Waals surface area contributed by atoms with Crippen molar-refractivity contribution in [1.82, 2.24) is 15.1 Å². The molecule has 0 bridgehead atoms. The lowest BCUT2D eigenvalue weighted by Gasteiger charge is -2.35. The molecule has 2 heterocycles. The number of hydrogen-bond acceptors (Lipinski definition) is 6. The molecule has 1 unspecified atom stereocenters. The van der Waals surface area contributed by atoms with E-state index in [9.17, 15) is 22.8 Å². The molecule has 2 aliphatic heterocycles. The predicted molar refractivity (Wildman–Crippen MR) is 176 cm³/mol. The number of rotatable bonds is 9. The summed E-state index contributed by atoms with van der Waals surface area (Å²) in [5.41, 5.74) is 1.81. The first-order chi connectivity index (χ1) is 21.2. The summed E-state index contributed by atoms with van der Waals surface area (Å²) in [6.45, 7) is 7.55. The predicted octanol–water partition coefficient (Wildman–Crippen LogP) is 5.18. The minimum absolute atomic E-state index is 0.0929. The smallest absolute Gasteiger partial charge is 0.410 e. The van der Waals surface area contributed by atoms with Crippen molar-refractivity contribution in [2.24, 2.45) is 5.92 Å². The molecule has 0 spiro atoms. The molecule has 3 amide bonds. The van der Waals surface area contributed by atoms with E-state index in [0.29, 0.717) is 69.0 Å². The van der Waals surface area contributed by atoms with Crippen molar-refractivity contribution in [1.29, 1.82) is 0 Å². The fraction of sp³-hybridized carbons (Fsp3) is 0.545. The Morgan fingerprint density at radius 1 is 0.933 bits per heavy atom. The second-order valence-electron chi connectivity index (χ2n) is 13.1. The Labute approximate surface area is 271 Å². The number of hydrogen-bond donors (Lipinski definition) is 2. The zero-order chi connectivity index (χ0) is 32.8. The van der Waals surface area contributed by atoms with Crippen LogP contribution in [0.15, 0.2) is 48.5 Å². The van der Waals surface area contributed by atoms with Gasteiger partial charge in [0.1, 0.15) is 11.6 Å². The van der Waals surface area contributed by atoms with E-state index in [-0.39, 0.29) is 36.2 Å². The van der Waals surface area contributed by atoms with Crippen molar-refractivity contribution >= 4 is 45.2 Å². The van der Waals surface area contributed by atoms with E-state index in [0.717, 1.165) is 17.4 Å². The van der Waals surface area contributed by atoms with Gasteiger partial charge < -0.3 is 19.9 Å². The van der Waals surface area contributed by atoms with Crippen LogP contribution in [-0.4, -0.2) is 80.2 Å². The first-order valence-corrected chi connectivity index (χ1v) is 17.8. The van der Waals surface area contributed by atoms with Crippen LogP contribution in [0.1, 0.15) is 69.9 Å². The molecule has 2 aromatic carbocycles. The third-order valence-corrected chi connectivity index (χ3v) is 9.07. The number of nitrogens with one attached hydrogen (secondary N) is 2. The van der Waals surface area contributed by atoms with Gasteiger partial charge in [-0.15, -0.1) is 0 Å². The van der Waals surface area contributed by atoms with Crippen LogP contribution in [0.3, 0.4) is 0 Å². The molecular formula is C33H45ClN4O6S. The zero-order valence-electron chi connectivity index (χ0n) is 26.6. The van der Waals surface area contributed by atoms with Gasteiger partial charge in [-0.05, 0) is 87.6 Å². The minimum Gasteiger partial charge on any atom is -0.444 e. The number of ether oxygens (including phenoxy) is 1. The topological polar surface area (TPSA) is 125 Å². The molecular weight excluding hydrogens is 616 g/mol. The van der Waals surface area contributed by atoms with Crippen LogP contribution < -0.4 is 10.0 Å². The van der Waals surface area contributed by atoms with E-state index in [1.54, 1.807) is 34.1 Å². The van der Waals surface area contributed by atoms with Crippen LogP contribution in [0, 0.1) is 5.92 Å². The van der Waals surface area contributed by atoms with Crippen molar-refractivity contribution < 1.29 is 27.5 Å². The van der Waals surface area contributed by atoms with E-state index < -0.39 is 21.7 Å². The molecule has 2 N–H and O–H groups in total. The molecule has 246 valence electrons. The Morgan fingerprint density at radius 3 is 2.13 bits per heavy atom. The summed E-state index contributed by atoms with van der Waals surface area (Å²) >= 11 is 6.08. The van der Waals surface area contributed by atoms with Crippen LogP contribution in [0.25, 0.3) is 0 Å². The molecule has 10 nitrogen and oxygen atoms in total. The van der Waals surface area contributed by atoms with Crippen LogP contribution in [-0.2, 0) is 30.8 Å². The summed E-state index contributed by atoms with van der Waals surface area (Å²) in [5, 5.41) is 3.62. The van der Waals surface area contributed by atoms with Crippen molar-refractivity contribution in [2.45, 2.75) is 76.9 Å². The first-order valence-electron chi connectivity index (χ1n) is 15.5. The van der Waals surface area contributed by atoms with Gasteiger partial charge in [-0.25, -0.2) is 13.2 Å². The van der Waals surface area contributed by atoms with Gasteiger partial charge in [0, 0.05) is 44.0 Å². The van der Waals surface area contributed by atoms with Crippen LogP contribution in [0.4, 0.5) is 10.5 Å². The summed E-state index contributed by atoms with van der Waals surface area (Å²) in [5.74, 6) is -0.130. The van der Waals surface area contributed by atoms with Crippen molar-refractivity contribution in [3.63, 3.8) is 0 Å². The van der Waals surface area contributed by atoms with E-state index in [2.05, 4.69) is 10.0 Å². The molecule has 1 atom stereocenters. The highest BCUT2D eigenvalue weighted by molar-refractivity contribution is 7.92. The number of amides is 3. The quantitative estimate of drug-likeness (QED) is 0.382. The number of carbonyl (C=O) groups excluding carboxylic acids is 3. The highest BCUT2D eigenvalue weighted by Crippen LogP contribution is 2.33. The van der Waals surface area contributed by atoms with E-state index in [1.165, 1.54) is 0 Å². The molecule has 45 heavy (non-hydrogen) atoms. The van der Waals surface area contributed by atoms with Gasteiger partial charge in [0.2, 0.25) is 21.8 Å². The van der Waals surface area contributed by atoms with Crippen molar-refractivity contribution in [3.05, 3.63) is 64.7 Å². The maximum Gasteiger partial charge on any atom is 0.410 e. The molecule has 12 heteroatoms. The number of nitrogens with zero attached hydrogens (tertiary/aromatic N) is 2. The van der Waals surface area contributed by atoms with Gasteiger partial charge in [0.15, 0.2) is 0 Å². The van der Waals surface area contributed by atoms with Crippen LogP contribution in [0.5, 0.6) is 0 Å². The monoisotopic (exact) mass is 660 g/mol. The lowest BCUT2D eigenvalue weighted by Crippen LogP contribution is -2.52. The Hall–Kier alpha value is -3.31. The summed E-state index contributed by atoms with van der Waals surface area (Å²) in [6, 6.07) is 13.9.